The fourth-order valence-corrected chi connectivity index (χ4v) is 2.74. The molecular weight excluding hydrogens is 234 g/mol. The minimum Gasteiger partial charge on any atom is -0.233 e. The van der Waals surface area contributed by atoms with E-state index in [1.54, 1.807) is 0 Å². The summed E-state index contributed by atoms with van der Waals surface area (Å²) < 4.78 is 4.44. The van der Waals surface area contributed by atoms with E-state index < -0.39 is 0 Å². The van der Waals surface area contributed by atoms with Crippen LogP contribution in [0.5, 0.6) is 0 Å². The van der Waals surface area contributed by atoms with Crippen LogP contribution in [0.2, 0.25) is 0 Å². The van der Waals surface area contributed by atoms with Gasteiger partial charge in [0.1, 0.15) is 11.9 Å². The monoisotopic (exact) mass is 252 g/mol. The van der Waals surface area contributed by atoms with Gasteiger partial charge in [0.05, 0.1) is 7.05 Å². The molecule has 0 fully saturated rings. The van der Waals surface area contributed by atoms with E-state index in [1.807, 2.05) is 12.3 Å². The summed E-state index contributed by atoms with van der Waals surface area (Å²) in [5.41, 5.74) is 6.00. The van der Waals surface area contributed by atoms with Gasteiger partial charge in [-0.25, -0.2) is 9.13 Å². The minimum absolute atomic E-state index is 1.02. The fourth-order valence-electron chi connectivity index (χ4n) is 2.74. The summed E-state index contributed by atoms with van der Waals surface area (Å²) in [6.07, 6.45) is 1.84. The van der Waals surface area contributed by atoms with Gasteiger partial charge < -0.3 is 0 Å². The van der Waals surface area contributed by atoms with Gasteiger partial charge in [0.15, 0.2) is 5.52 Å². The molecule has 0 aliphatic carbocycles. The van der Waals surface area contributed by atoms with Crippen molar-refractivity contribution in [2.24, 2.45) is 7.05 Å². The summed E-state index contributed by atoms with van der Waals surface area (Å²) in [6.45, 7) is 6.45. The van der Waals surface area contributed by atoms with Crippen LogP contribution >= 0.6 is 0 Å². The average molecular weight is 252 g/mol. The van der Waals surface area contributed by atoms with Crippen molar-refractivity contribution in [2.45, 2.75) is 20.8 Å². The zero-order chi connectivity index (χ0) is 13.6. The van der Waals surface area contributed by atoms with E-state index in [4.69, 9.17) is 0 Å². The molecule has 1 aromatic carbocycles. The van der Waals surface area contributed by atoms with Crippen molar-refractivity contribution in [3.8, 4) is 5.69 Å². The Bertz CT molecular complexity index is 749. The largest absolute Gasteiger partial charge is 0.302 e. The summed E-state index contributed by atoms with van der Waals surface area (Å²) in [6, 6.07) is 10.5. The third-order valence-electron chi connectivity index (χ3n) is 3.80. The Labute approximate surface area is 113 Å². The SMILES string of the molecule is Cc1cccc(C)c1-n1c(C)[n+](C)c2ncccc21. The number of benzene rings is 1. The number of aryl methyl sites for hydroxylation is 3. The number of fused-ring (bicyclic) bond motifs is 1. The van der Waals surface area contributed by atoms with Gasteiger partial charge in [-0.3, -0.25) is 0 Å². The summed E-state index contributed by atoms with van der Waals surface area (Å²) in [5.74, 6) is 1.19. The van der Waals surface area contributed by atoms with Gasteiger partial charge >= 0.3 is 5.65 Å². The molecule has 0 aliphatic heterocycles. The van der Waals surface area contributed by atoms with Crippen molar-refractivity contribution in [1.82, 2.24) is 9.55 Å². The lowest BCUT2D eigenvalue weighted by molar-refractivity contribution is -0.653. The number of aromatic nitrogens is 3. The third kappa shape index (κ3) is 1.65. The van der Waals surface area contributed by atoms with Crippen LogP contribution in [-0.4, -0.2) is 9.55 Å². The average Bonchev–Trinajstić information content (AvgIpc) is 2.64. The van der Waals surface area contributed by atoms with Crippen molar-refractivity contribution in [3.05, 3.63) is 53.5 Å². The van der Waals surface area contributed by atoms with Gasteiger partial charge in [0.2, 0.25) is 5.82 Å². The molecule has 0 atom stereocenters. The van der Waals surface area contributed by atoms with Crippen LogP contribution in [0.4, 0.5) is 0 Å². The first kappa shape index (κ1) is 11.9. The maximum Gasteiger partial charge on any atom is 0.302 e. The standard InChI is InChI=1S/C16H18N3/c1-11-7-5-8-12(2)15(11)19-13(3)18(4)16-14(19)9-6-10-17-16/h5-10H,1-4H3/q+1. The second-order valence-corrected chi connectivity index (χ2v) is 5.03. The maximum atomic E-state index is 4.49. The fraction of sp³-hybridized carbons (Fsp3) is 0.250. The molecule has 0 N–H and O–H groups in total. The maximum absolute atomic E-state index is 4.49. The molecule has 3 rings (SSSR count). The quantitative estimate of drug-likeness (QED) is 0.610. The van der Waals surface area contributed by atoms with Crippen molar-refractivity contribution >= 4 is 11.2 Å². The Hall–Kier alpha value is -2.16. The van der Waals surface area contributed by atoms with Crippen LogP contribution in [0.15, 0.2) is 36.5 Å². The lowest BCUT2D eigenvalue weighted by atomic mass is 10.1. The molecular formula is C16H18N3+. The van der Waals surface area contributed by atoms with Crippen molar-refractivity contribution in [3.63, 3.8) is 0 Å². The molecule has 0 saturated heterocycles. The molecule has 2 heterocycles. The zero-order valence-electron chi connectivity index (χ0n) is 11.8. The number of imidazole rings is 1. The summed E-state index contributed by atoms with van der Waals surface area (Å²) in [5, 5.41) is 0. The highest BCUT2D eigenvalue weighted by molar-refractivity contribution is 5.72. The number of nitrogens with zero attached hydrogens (tertiary/aromatic N) is 3. The van der Waals surface area contributed by atoms with Gasteiger partial charge in [0.25, 0.3) is 0 Å². The van der Waals surface area contributed by atoms with Crippen molar-refractivity contribution in [2.75, 3.05) is 0 Å². The lowest BCUT2D eigenvalue weighted by Crippen LogP contribution is -2.31. The van der Waals surface area contributed by atoms with Crippen LogP contribution in [0.1, 0.15) is 17.0 Å². The molecule has 0 aliphatic rings. The molecule has 3 aromatic rings. The number of hydrogen-bond acceptors (Lipinski definition) is 1. The number of para-hydroxylation sites is 1. The molecule has 2 aromatic heterocycles. The van der Waals surface area contributed by atoms with Crippen molar-refractivity contribution in [1.29, 1.82) is 0 Å². The molecule has 0 amide bonds. The van der Waals surface area contributed by atoms with E-state index >= 15 is 0 Å². The van der Waals surface area contributed by atoms with Crippen LogP contribution in [0.25, 0.3) is 16.9 Å². The number of pyridine rings is 1. The Kier molecular flexibility index (Phi) is 2.63. The minimum atomic E-state index is 1.02. The Morgan fingerprint density at radius 3 is 2.37 bits per heavy atom. The summed E-state index contributed by atoms with van der Waals surface area (Å²) in [7, 11) is 2.06. The molecule has 0 unspecified atom stereocenters. The van der Waals surface area contributed by atoms with E-state index in [-0.39, 0.29) is 0 Å². The highest BCUT2D eigenvalue weighted by Crippen LogP contribution is 2.24. The topological polar surface area (TPSA) is 21.7 Å². The van der Waals surface area contributed by atoms with Gasteiger partial charge in [-0.2, -0.15) is 0 Å². The molecule has 3 nitrogen and oxygen atoms in total. The Morgan fingerprint density at radius 2 is 1.68 bits per heavy atom. The van der Waals surface area contributed by atoms with E-state index in [1.165, 1.54) is 22.6 Å². The van der Waals surface area contributed by atoms with E-state index in [9.17, 15) is 0 Å². The van der Waals surface area contributed by atoms with Gasteiger partial charge in [-0.15, -0.1) is 4.98 Å². The van der Waals surface area contributed by atoms with Gasteiger partial charge in [-0.1, -0.05) is 18.2 Å². The third-order valence-corrected chi connectivity index (χ3v) is 3.80. The van der Waals surface area contributed by atoms with Crippen LogP contribution in [-0.2, 0) is 7.05 Å². The second-order valence-electron chi connectivity index (χ2n) is 5.03. The van der Waals surface area contributed by atoms with Crippen LogP contribution < -0.4 is 4.57 Å². The zero-order valence-corrected chi connectivity index (χ0v) is 11.8. The Morgan fingerprint density at radius 1 is 1.00 bits per heavy atom. The predicted octanol–water partition coefficient (Wildman–Crippen LogP) is 2.78. The highest BCUT2D eigenvalue weighted by atomic mass is 15.2. The van der Waals surface area contributed by atoms with Crippen LogP contribution in [0, 0.1) is 20.8 Å². The second kappa shape index (κ2) is 4.19. The Balaban J connectivity index is 2.47. The summed E-state index contributed by atoms with van der Waals surface area (Å²) in [4.78, 5) is 4.49. The first-order valence-corrected chi connectivity index (χ1v) is 6.50. The number of rotatable bonds is 1. The molecule has 0 radical (unpaired) electrons. The first-order valence-electron chi connectivity index (χ1n) is 6.50. The first-order chi connectivity index (χ1) is 9.11. The highest BCUT2D eigenvalue weighted by Gasteiger charge is 2.22. The predicted molar refractivity (Wildman–Crippen MR) is 76.5 cm³/mol. The molecule has 0 spiro atoms. The molecule has 0 bridgehead atoms. The smallest absolute Gasteiger partial charge is 0.233 e. The molecule has 3 heteroatoms. The normalized spacial score (nSPS) is 11.2. The lowest BCUT2D eigenvalue weighted by Gasteiger charge is -2.09. The molecule has 96 valence electrons. The van der Waals surface area contributed by atoms with E-state index in [0.29, 0.717) is 0 Å². The number of hydrogen-bond donors (Lipinski definition) is 0. The molecule has 19 heavy (non-hydrogen) atoms. The van der Waals surface area contributed by atoms with Crippen LogP contribution in [0.3, 0.4) is 0 Å². The van der Waals surface area contributed by atoms with Gasteiger partial charge in [-0.05, 0) is 37.1 Å². The summed E-state index contributed by atoms with van der Waals surface area (Å²) >= 11 is 0. The van der Waals surface area contributed by atoms with E-state index in [2.05, 4.69) is 66.2 Å². The van der Waals surface area contributed by atoms with E-state index in [0.717, 1.165) is 11.2 Å². The molecule has 0 saturated carbocycles. The van der Waals surface area contributed by atoms with Gasteiger partial charge in [0, 0.05) is 6.92 Å². The van der Waals surface area contributed by atoms with Crippen molar-refractivity contribution < 1.29 is 4.57 Å².